The van der Waals surface area contributed by atoms with Crippen molar-refractivity contribution in [3.05, 3.63) is 47.8 Å². The van der Waals surface area contributed by atoms with Gasteiger partial charge in [0.2, 0.25) is 5.91 Å². The van der Waals surface area contributed by atoms with E-state index >= 15 is 0 Å². The first-order valence-electron chi connectivity index (χ1n) is 7.78. The van der Waals surface area contributed by atoms with Crippen molar-refractivity contribution in [2.24, 2.45) is 0 Å². The van der Waals surface area contributed by atoms with Crippen LogP contribution in [0.1, 0.15) is 12.8 Å². The number of carbonyl (C=O) groups excluding carboxylic acids is 1. The lowest BCUT2D eigenvalue weighted by molar-refractivity contribution is -0.118. The van der Waals surface area contributed by atoms with Crippen LogP contribution in [0.3, 0.4) is 0 Å². The van der Waals surface area contributed by atoms with Crippen LogP contribution in [0.15, 0.2) is 53.0 Å². The van der Waals surface area contributed by atoms with Gasteiger partial charge in [0, 0.05) is 11.7 Å². The van der Waals surface area contributed by atoms with Gasteiger partial charge in [-0.25, -0.2) is 0 Å². The van der Waals surface area contributed by atoms with Crippen LogP contribution in [0.4, 0.5) is 0 Å². The molecule has 0 unspecified atom stereocenters. The zero-order chi connectivity index (χ0) is 16.4. The molecular weight excluding hydrogens is 340 g/mol. The molecule has 2 heterocycles. The number of amides is 1. The van der Waals surface area contributed by atoms with Gasteiger partial charge in [0.15, 0.2) is 11.0 Å². The van der Waals surface area contributed by atoms with Crippen LogP contribution < -0.4 is 5.32 Å². The van der Waals surface area contributed by atoms with Gasteiger partial charge in [-0.15, -0.1) is 21.5 Å². The fraction of sp³-hybridized carbons (Fsp3) is 0.235. The Morgan fingerprint density at radius 1 is 1.21 bits per heavy atom. The van der Waals surface area contributed by atoms with Gasteiger partial charge in [-0.2, -0.15) is 0 Å². The first-order valence-corrected chi connectivity index (χ1v) is 9.64. The number of nitrogens with one attached hydrogen (secondary N) is 1. The van der Waals surface area contributed by atoms with E-state index in [1.165, 1.54) is 11.8 Å². The summed E-state index contributed by atoms with van der Waals surface area (Å²) in [7, 11) is 0. The Morgan fingerprint density at radius 3 is 2.75 bits per heavy atom. The molecule has 0 saturated heterocycles. The second-order valence-corrected chi connectivity index (χ2v) is 7.48. The third-order valence-corrected chi connectivity index (χ3v) is 5.46. The van der Waals surface area contributed by atoms with E-state index in [-0.39, 0.29) is 5.91 Å². The molecule has 0 spiro atoms. The van der Waals surface area contributed by atoms with Crippen LogP contribution in [-0.4, -0.2) is 32.5 Å². The summed E-state index contributed by atoms with van der Waals surface area (Å²) in [6.07, 6.45) is 2.19. The minimum Gasteiger partial charge on any atom is -0.353 e. The Balaban J connectivity index is 1.62. The van der Waals surface area contributed by atoms with Crippen molar-refractivity contribution in [3.8, 4) is 16.4 Å². The van der Waals surface area contributed by atoms with E-state index in [2.05, 4.69) is 15.5 Å². The van der Waals surface area contributed by atoms with Crippen LogP contribution in [0.25, 0.3) is 16.4 Å². The highest BCUT2D eigenvalue weighted by Gasteiger charge is 2.24. The molecule has 1 aliphatic carbocycles. The molecule has 0 bridgehead atoms. The third-order valence-electron chi connectivity index (χ3n) is 3.66. The lowest BCUT2D eigenvalue weighted by Crippen LogP contribution is -2.27. The fourth-order valence-electron chi connectivity index (χ4n) is 2.37. The highest BCUT2D eigenvalue weighted by Crippen LogP contribution is 2.30. The Bertz CT molecular complexity index is 826. The fourth-order valence-corrected chi connectivity index (χ4v) is 3.83. The molecular formula is C17H16N4OS2. The molecule has 1 amide bonds. The zero-order valence-electron chi connectivity index (χ0n) is 12.9. The number of aromatic nitrogens is 3. The maximum absolute atomic E-state index is 12.0. The number of benzene rings is 1. The van der Waals surface area contributed by atoms with E-state index in [0.717, 1.165) is 34.4 Å². The predicted octanol–water partition coefficient (Wildman–Crippen LogP) is 3.37. The standard InChI is InChI=1S/C17H16N4OS2/c22-15(18-12-8-9-12)11-24-17-20-19-16(14-7-4-10-23-14)21(17)13-5-2-1-3-6-13/h1-7,10,12H,8-9,11H2,(H,18,22). The van der Waals surface area contributed by atoms with Crippen LogP contribution in [0.2, 0.25) is 0 Å². The minimum absolute atomic E-state index is 0.0581. The van der Waals surface area contributed by atoms with Crippen molar-refractivity contribution in [2.45, 2.75) is 24.0 Å². The molecule has 4 rings (SSSR count). The predicted molar refractivity (Wildman–Crippen MR) is 96.6 cm³/mol. The molecule has 122 valence electrons. The topological polar surface area (TPSA) is 59.8 Å². The van der Waals surface area contributed by atoms with E-state index in [1.807, 2.05) is 52.4 Å². The van der Waals surface area contributed by atoms with E-state index in [0.29, 0.717) is 11.8 Å². The summed E-state index contributed by atoms with van der Waals surface area (Å²) in [6.45, 7) is 0. The third kappa shape index (κ3) is 3.37. The van der Waals surface area contributed by atoms with Crippen molar-refractivity contribution < 1.29 is 4.79 Å². The Morgan fingerprint density at radius 2 is 2.04 bits per heavy atom. The molecule has 24 heavy (non-hydrogen) atoms. The van der Waals surface area contributed by atoms with Gasteiger partial charge in [-0.3, -0.25) is 9.36 Å². The first kappa shape index (κ1) is 15.4. The first-order chi connectivity index (χ1) is 11.8. The summed E-state index contributed by atoms with van der Waals surface area (Å²) in [5, 5.41) is 14.4. The lowest BCUT2D eigenvalue weighted by Gasteiger charge is -2.09. The molecule has 0 aliphatic heterocycles. The van der Waals surface area contributed by atoms with E-state index in [1.54, 1.807) is 11.3 Å². The Kier molecular flexibility index (Phi) is 4.36. The quantitative estimate of drug-likeness (QED) is 0.688. The average Bonchev–Trinajstić information content (AvgIpc) is 3.11. The number of thiophene rings is 1. The van der Waals surface area contributed by atoms with Crippen molar-refractivity contribution >= 4 is 29.0 Å². The van der Waals surface area contributed by atoms with Gasteiger partial charge in [0.05, 0.1) is 10.6 Å². The molecule has 1 saturated carbocycles. The molecule has 5 nitrogen and oxygen atoms in total. The van der Waals surface area contributed by atoms with Gasteiger partial charge in [0.1, 0.15) is 0 Å². The van der Waals surface area contributed by atoms with E-state index in [9.17, 15) is 4.79 Å². The van der Waals surface area contributed by atoms with Gasteiger partial charge >= 0.3 is 0 Å². The molecule has 0 radical (unpaired) electrons. The van der Waals surface area contributed by atoms with Crippen LogP contribution >= 0.6 is 23.1 Å². The number of para-hydroxylation sites is 1. The molecule has 2 aromatic heterocycles. The zero-order valence-corrected chi connectivity index (χ0v) is 14.5. The summed E-state index contributed by atoms with van der Waals surface area (Å²) < 4.78 is 2.01. The molecule has 1 fully saturated rings. The highest BCUT2D eigenvalue weighted by atomic mass is 32.2. The number of rotatable bonds is 6. The minimum atomic E-state index is 0.0581. The van der Waals surface area contributed by atoms with Crippen molar-refractivity contribution in [3.63, 3.8) is 0 Å². The van der Waals surface area contributed by atoms with Crippen LogP contribution in [0, 0.1) is 0 Å². The SMILES string of the molecule is O=C(CSc1nnc(-c2cccs2)n1-c1ccccc1)NC1CC1. The molecule has 1 N–H and O–H groups in total. The smallest absolute Gasteiger partial charge is 0.230 e. The Hall–Kier alpha value is -2.12. The van der Waals surface area contributed by atoms with Crippen molar-refractivity contribution in [2.75, 3.05) is 5.75 Å². The molecule has 7 heteroatoms. The number of carbonyl (C=O) groups is 1. The summed E-state index contributed by atoms with van der Waals surface area (Å²) >= 11 is 3.05. The van der Waals surface area contributed by atoms with E-state index in [4.69, 9.17) is 0 Å². The van der Waals surface area contributed by atoms with Crippen LogP contribution in [-0.2, 0) is 4.79 Å². The van der Waals surface area contributed by atoms with Gasteiger partial charge in [-0.1, -0.05) is 36.0 Å². The van der Waals surface area contributed by atoms with Crippen molar-refractivity contribution in [1.82, 2.24) is 20.1 Å². The second-order valence-electron chi connectivity index (χ2n) is 5.58. The molecule has 3 aromatic rings. The summed E-state index contributed by atoms with van der Waals surface area (Å²) in [5.41, 5.74) is 0.996. The number of hydrogen-bond donors (Lipinski definition) is 1. The van der Waals surface area contributed by atoms with Gasteiger partial charge in [0.25, 0.3) is 0 Å². The summed E-state index contributed by atoms with van der Waals surface area (Å²) in [6, 6.07) is 14.4. The maximum atomic E-state index is 12.0. The Labute approximate surface area is 148 Å². The van der Waals surface area contributed by atoms with Gasteiger partial charge < -0.3 is 5.32 Å². The van der Waals surface area contributed by atoms with Crippen LogP contribution in [0.5, 0.6) is 0 Å². The number of thioether (sulfide) groups is 1. The largest absolute Gasteiger partial charge is 0.353 e. The molecule has 0 atom stereocenters. The molecule has 1 aliphatic rings. The summed E-state index contributed by atoms with van der Waals surface area (Å²) in [4.78, 5) is 13.0. The highest BCUT2D eigenvalue weighted by molar-refractivity contribution is 7.99. The molecule has 1 aromatic carbocycles. The number of hydrogen-bond acceptors (Lipinski definition) is 5. The van der Waals surface area contributed by atoms with Gasteiger partial charge in [-0.05, 0) is 36.4 Å². The van der Waals surface area contributed by atoms with E-state index < -0.39 is 0 Å². The number of nitrogens with zero attached hydrogens (tertiary/aromatic N) is 3. The monoisotopic (exact) mass is 356 g/mol. The second kappa shape index (κ2) is 6.78. The lowest BCUT2D eigenvalue weighted by atomic mass is 10.3. The maximum Gasteiger partial charge on any atom is 0.230 e. The normalized spacial score (nSPS) is 13.8. The summed E-state index contributed by atoms with van der Waals surface area (Å²) in [5.74, 6) is 1.22. The van der Waals surface area contributed by atoms with Crippen molar-refractivity contribution in [1.29, 1.82) is 0 Å². The average molecular weight is 356 g/mol.